The molecule has 0 spiro atoms. The third kappa shape index (κ3) is 4.43. The van der Waals surface area contributed by atoms with Crippen LogP contribution in [-0.4, -0.2) is 26.3 Å². The number of rotatable bonds is 7. The third-order valence-electron chi connectivity index (χ3n) is 3.29. The van der Waals surface area contributed by atoms with Crippen LogP contribution >= 0.6 is 0 Å². The van der Waals surface area contributed by atoms with Gasteiger partial charge in [-0.1, -0.05) is 19.8 Å². The van der Waals surface area contributed by atoms with Gasteiger partial charge < -0.3 is 10.1 Å². The molecule has 1 fully saturated rings. The first-order valence-electron chi connectivity index (χ1n) is 6.13. The molecule has 0 aromatic carbocycles. The second-order valence-corrected chi connectivity index (χ2v) is 4.42. The molecule has 1 aliphatic rings. The van der Waals surface area contributed by atoms with Crippen LogP contribution in [0.4, 0.5) is 0 Å². The van der Waals surface area contributed by atoms with Crippen molar-refractivity contribution in [1.82, 2.24) is 5.32 Å². The Bertz CT molecular complexity index is 138. The maximum atomic E-state index is 5.29. The highest BCUT2D eigenvalue weighted by atomic mass is 16.5. The average Bonchev–Trinajstić information content (AvgIpc) is 2.58. The Hall–Kier alpha value is -0.0800. The minimum absolute atomic E-state index is 0.847. The van der Waals surface area contributed by atoms with E-state index in [0.717, 1.165) is 38.0 Å². The van der Waals surface area contributed by atoms with Crippen molar-refractivity contribution < 1.29 is 4.74 Å². The summed E-state index contributed by atoms with van der Waals surface area (Å²) < 4.78 is 5.29. The molecule has 14 heavy (non-hydrogen) atoms. The van der Waals surface area contributed by atoms with Crippen LogP contribution in [0.5, 0.6) is 0 Å². The average molecular weight is 199 g/mol. The van der Waals surface area contributed by atoms with Crippen molar-refractivity contribution in [3.05, 3.63) is 0 Å². The zero-order valence-corrected chi connectivity index (χ0v) is 9.72. The van der Waals surface area contributed by atoms with E-state index in [1.165, 1.54) is 25.8 Å². The molecular formula is C12H25NO. The van der Waals surface area contributed by atoms with Gasteiger partial charge in [0.25, 0.3) is 0 Å². The topological polar surface area (TPSA) is 21.3 Å². The van der Waals surface area contributed by atoms with Gasteiger partial charge in [0.2, 0.25) is 0 Å². The Labute approximate surface area is 88.4 Å². The Morgan fingerprint density at radius 3 is 2.86 bits per heavy atom. The van der Waals surface area contributed by atoms with Gasteiger partial charge in [0.1, 0.15) is 0 Å². The van der Waals surface area contributed by atoms with E-state index >= 15 is 0 Å². The van der Waals surface area contributed by atoms with Crippen LogP contribution in [0.25, 0.3) is 0 Å². The maximum absolute atomic E-state index is 5.29. The molecule has 1 saturated carbocycles. The summed E-state index contributed by atoms with van der Waals surface area (Å²) in [5.74, 6) is 1.87. The standard InChI is InChI=1S/C12H25NO/c1-3-14-9-5-8-13-10-12-7-4-6-11(12)2/h11-13H,3-10H2,1-2H3. The monoisotopic (exact) mass is 199 g/mol. The molecule has 0 saturated heterocycles. The van der Waals surface area contributed by atoms with Crippen LogP contribution in [0, 0.1) is 11.8 Å². The first-order chi connectivity index (χ1) is 6.84. The predicted octanol–water partition coefficient (Wildman–Crippen LogP) is 2.44. The number of hydrogen-bond acceptors (Lipinski definition) is 2. The summed E-state index contributed by atoms with van der Waals surface area (Å²) in [4.78, 5) is 0. The molecule has 0 heterocycles. The van der Waals surface area contributed by atoms with Gasteiger partial charge in [0.05, 0.1) is 0 Å². The molecule has 84 valence electrons. The van der Waals surface area contributed by atoms with Crippen molar-refractivity contribution in [1.29, 1.82) is 0 Å². The van der Waals surface area contributed by atoms with E-state index < -0.39 is 0 Å². The lowest BCUT2D eigenvalue weighted by atomic mass is 9.98. The van der Waals surface area contributed by atoms with Gasteiger partial charge >= 0.3 is 0 Å². The van der Waals surface area contributed by atoms with Crippen LogP contribution in [0.3, 0.4) is 0 Å². The summed E-state index contributed by atoms with van der Waals surface area (Å²) >= 11 is 0. The van der Waals surface area contributed by atoms with Gasteiger partial charge in [0, 0.05) is 13.2 Å². The third-order valence-corrected chi connectivity index (χ3v) is 3.29. The van der Waals surface area contributed by atoms with Crippen molar-refractivity contribution >= 4 is 0 Å². The van der Waals surface area contributed by atoms with Crippen molar-refractivity contribution in [2.75, 3.05) is 26.3 Å². The molecule has 1 aliphatic carbocycles. The molecule has 1 rings (SSSR count). The zero-order valence-electron chi connectivity index (χ0n) is 9.72. The van der Waals surface area contributed by atoms with Crippen molar-refractivity contribution in [2.45, 2.75) is 39.5 Å². The molecule has 0 radical (unpaired) electrons. The molecular weight excluding hydrogens is 174 g/mol. The molecule has 0 bridgehead atoms. The van der Waals surface area contributed by atoms with Gasteiger partial charge in [-0.05, 0) is 44.7 Å². The lowest BCUT2D eigenvalue weighted by Crippen LogP contribution is -2.25. The fraction of sp³-hybridized carbons (Fsp3) is 1.00. The summed E-state index contributed by atoms with van der Waals surface area (Å²) in [6, 6.07) is 0. The summed E-state index contributed by atoms with van der Waals surface area (Å²) in [5.41, 5.74) is 0. The number of nitrogens with one attached hydrogen (secondary N) is 1. The molecule has 2 unspecified atom stereocenters. The van der Waals surface area contributed by atoms with Crippen LogP contribution in [0.1, 0.15) is 39.5 Å². The normalized spacial score (nSPS) is 27.0. The summed E-state index contributed by atoms with van der Waals surface area (Å²) in [6.45, 7) is 8.52. The highest BCUT2D eigenvalue weighted by molar-refractivity contribution is 4.75. The van der Waals surface area contributed by atoms with Crippen LogP contribution in [0.15, 0.2) is 0 Å². The van der Waals surface area contributed by atoms with Gasteiger partial charge in [-0.15, -0.1) is 0 Å². The van der Waals surface area contributed by atoms with Crippen molar-refractivity contribution in [3.8, 4) is 0 Å². The van der Waals surface area contributed by atoms with Crippen LogP contribution in [-0.2, 0) is 4.74 Å². The van der Waals surface area contributed by atoms with Crippen molar-refractivity contribution in [3.63, 3.8) is 0 Å². The van der Waals surface area contributed by atoms with E-state index in [4.69, 9.17) is 4.74 Å². The minimum Gasteiger partial charge on any atom is -0.382 e. The molecule has 0 aromatic rings. The molecule has 1 N–H and O–H groups in total. The fourth-order valence-corrected chi connectivity index (χ4v) is 2.26. The second-order valence-electron chi connectivity index (χ2n) is 4.42. The fourth-order valence-electron chi connectivity index (χ4n) is 2.26. The molecule has 2 atom stereocenters. The van der Waals surface area contributed by atoms with E-state index in [1.54, 1.807) is 0 Å². The Morgan fingerprint density at radius 2 is 2.21 bits per heavy atom. The summed E-state index contributed by atoms with van der Waals surface area (Å²) in [6.07, 6.45) is 5.45. The van der Waals surface area contributed by atoms with E-state index in [2.05, 4.69) is 12.2 Å². The molecule has 2 heteroatoms. The first-order valence-corrected chi connectivity index (χ1v) is 6.13. The molecule has 2 nitrogen and oxygen atoms in total. The minimum atomic E-state index is 0.847. The van der Waals surface area contributed by atoms with Gasteiger partial charge in [0.15, 0.2) is 0 Å². The quantitative estimate of drug-likeness (QED) is 0.636. The lowest BCUT2D eigenvalue weighted by molar-refractivity contribution is 0.144. The summed E-state index contributed by atoms with van der Waals surface area (Å²) in [7, 11) is 0. The second kappa shape index (κ2) is 7.24. The Kier molecular flexibility index (Phi) is 6.20. The van der Waals surface area contributed by atoms with E-state index in [0.29, 0.717) is 0 Å². The Morgan fingerprint density at radius 1 is 1.36 bits per heavy atom. The van der Waals surface area contributed by atoms with Crippen LogP contribution < -0.4 is 5.32 Å². The zero-order chi connectivity index (χ0) is 10.2. The molecule has 0 aromatic heterocycles. The predicted molar refractivity (Wildman–Crippen MR) is 60.5 cm³/mol. The smallest absolute Gasteiger partial charge is 0.0477 e. The van der Waals surface area contributed by atoms with Crippen molar-refractivity contribution in [2.24, 2.45) is 11.8 Å². The number of ether oxygens (including phenoxy) is 1. The molecule has 0 amide bonds. The summed E-state index contributed by atoms with van der Waals surface area (Å²) in [5, 5.41) is 3.54. The number of hydrogen-bond donors (Lipinski definition) is 1. The SMILES string of the molecule is CCOCCCNCC1CCCC1C. The molecule has 0 aliphatic heterocycles. The van der Waals surface area contributed by atoms with Gasteiger partial charge in [-0.25, -0.2) is 0 Å². The van der Waals surface area contributed by atoms with E-state index in [9.17, 15) is 0 Å². The highest BCUT2D eigenvalue weighted by Crippen LogP contribution is 2.30. The van der Waals surface area contributed by atoms with Gasteiger partial charge in [-0.2, -0.15) is 0 Å². The van der Waals surface area contributed by atoms with E-state index in [-0.39, 0.29) is 0 Å². The largest absolute Gasteiger partial charge is 0.382 e. The lowest BCUT2D eigenvalue weighted by Gasteiger charge is -2.15. The van der Waals surface area contributed by atoms with E-state index in [1.807, 2.05) is 6.92 Å². The Balaban J connectivity index is 1.88. The highest BCUT2D eigenvalue weighted by Gasteiger charge is 2.22. The van der Waals surface area contributed by atoms with Gasteiger partial charge in [-0.3, -0.25) is 0 Å². The maximum Gasteiger partial charge on any atom is 0.0477 e. The first kappa shape index (κ1) is 12.0. The van der Waals surface area contributed by atoms with Crippen LogP contribution in [0.2, 0.25) is 0 Å².